The molecular formula is C13H8F10O4. The maximum absolute atomic E-state index is 13.4. The first kappa shape index (κ1) is 22.8. The minimum absolute atomic E-state index is 0.183. The second-order valence-corrected chi connectivity index (χ2v) is 4.70. The zero-order valence-electron chi connectivity index (χ0n) is 12.8. The van der Waals surface area contributed by atoms with Gasteiger partial charge in [0.2, 0.25) is 0 Å². The van der Waals surface area contributed by atoms with Gasteiger partial charge in [-0.25, -0.2) is 9.18 Å². The third-order valence-corrected chi connectivity index (χ3v) is 2.77. The van der Waals surface area contributed by atoms with Gasteiger partial charge in [-0.2, -0.15) is 39.5 Å². The topological polar surface area (TPSA) is 44.8 Å². The lowest BCUT2D eigenvalue weighted by molar-refractivity contribution is -0.460. The van der Waals surface area contributed by atoms with Gasteiger partial charge in [-0.05, 0) is 24.3 Å². The van der Waals surface area contributed by atoms with Crippen molar-refractivity contribution in [3.63, 3.8) is 0 Å². The van der Waals surface area contributed by atoms with Gasteiger partial charge in [0.25, 0.3) is 0 Å². The molecule has 1 unspecified atom stereocenters. The van der Waals surface area contributed by atoms with E-state index in [-0.39, 0.29) is 5.56 Å². The monoisotopic (exact) mass is 418 g/mol. The van der Waals surface area contributed by atoms with E-state index in [0.29, 0.717) is 12.1 Å². The summed E-state index contributed by atoms with van der Waals surface area (Å²) in [5, 5.41) is 0. The van der Waals surface area contributed by atoms with E-state index in [1.54, 1.807) is 0 Å². The van der Waals surface area contributed by atoms with Crippen molar-refractivity contribution >= 4 is 5.97 Å². The van der Waals surface area contributed by atoms with Gasteiger partial charge >= 0.3 is 36.6 Å². The standard InChI is InChI=1S/C13H8F10O4/c1-25-8(24)6-2-4-7(5-3-6)26-10(15,16)9(14)27-13(22,23)11(17,18)12(19,20)21/h2-5,9H,1H3. The van der Waals surface area contributed by atoms with E-state index in [0.717, 1.165) is 19.2 Å². The number of halogens is 10. The van der Waals surface area contributed by atoms with Crippen LogP contribution in [0.3, 0.4) is 0 Å². The second kappa shape index (κ2) is 7.40. The van der Waals surface area contributed by atoms with Crippen LogP contribution >= 0.6 is 0 Å². The van der Waals surface area contributed by atoms with Crippen LogP contribution in [-0.4, -0.2) is 43.8 Å². The Hall–Kier alpha value is -2.25. The Balaban J connectivity index is 2.92. The van der Waals surface area contributed by atoms with Crippen molar-refractivity contribution in [3.8, 4) is 5.75 Å². The quantitative estimate of drug-likeness (QED) is 0.482. The van der Waals surface area contributed by atoms with Gasteiger partial charge in [0.05, 0.1) is 12.7 Å². The van der Waals surface area contributed by atoms with Crippen LogP contribution in [0.5, 0.6) is 5.75 Å². The summed E-state index contributed by atoms with van der Waals surface area (Å²) < 4.78 is 136. The molecule has 0 aliphatic carbocycles. The third-order valence-electron chi connectivity index (χ3n) is 2.77. The number of methoxy groups -OCH3 is 1. The molecule has 0 spiro atoms. The molecule has 14 heteroatoms. The van der Waals surface area contributed by atoms with E-state index in [4.69, 9.17) is 0 Å². The molecule has 0 saturated heterocycles. The maximum atomic E-state index is 13.4. The predicted molar refractivity (Wildman–Crippen MR) is 65.3 cm³/mol. The zero-order valence-corrected chi connectivity index (χ0v) is 12.8. The highest BCUT2D eigenvalue weighted by Crippen LogP contribution is 2.48. The van der Waals surface area contributed by atoms with E-state index in [9.17, 15) is 48.7 Å². The summed E-state index contributed by atoms with van der Waals surface area (Å²) in [7, 11) is 0.989. The van der Waals surface area contributed by atoms with Gasteiger partial charge in [0, 0.05) is 0 Å². The smallest absolute Gasteiger partial charge is 0.462 e. The molecule has 27 heavy (non-hydrogen) atoms. The largest absolute Gasteiger partial charge is 0.465 e. The Morgan fingerprint density at radius 3 is 1.81 bits per heavy atom. The first-order valence-electron chi connectivity index (χ1n) is 6.44. The molecule has 154 valence electrons. The van der Waals surface area contributed by atoms with Gasteiger partial charge < -0.3 is 9.47 Å². The van der Waals surface area contributed by atoms with E-state index in [1.807, 2.05) is 0 Å². The highest BCUT2D eigenvalue weighted by Gasteiger charge is 2.76. The fraction of sp³-hybridized carbons (Fsp3) is 0.462. The van der Waals surface area contributed by atoms with Crippen LogP contribution < -0.4 is 4.74 Å². The lowest BCUT2D eigenvalue weighted by Crippen LogP contribution is -2.56. The van der Waals surface area contributed by atoms with Gasteiger partial charge in [-0.3, -0.25) is 4.74 Å². The minimum Gasteiger partial charge on any atom is -0.465 e. The van der Waals surface area contributed by atoms with Crippen LogP contribution in [0, 0.1) is 0 Å². The van der Waals surface area contributed by atoms with Crippen molar-refractivity contribution in [2.24, 2.45) is 0 Å². The Morgan fingerprint density at radius 1 is 0.926 bits per heavy atom. The average Bonchev–Trinajstić information content (AvgIpc) is 2.52. The molecule has 0 aromatic heterocycles. The van der Waals surface area contributed by atoms with Crippen LogP contribution in [0.2, 0.25) is 0 Å². The van der Waals surface area contributed by atoms with Gasteiger partial charge in [0.1, 0.15) is 5.75 Å². The molecule has 0 fully saturated rings. The summed E-state index contributed by atoms with van der Waals surface area (Å²) in [5.74, 6) is -8.82. The van der Waals surface area contributed by atoms with Crippen molar-refractivity contribution in [2.45, 2.75) is 30.7 Å². The molecule has 0 bridgehead atoms. The van der Waals surface area contributed by atoms with Crippen LogP contribution in [0.15, 0.2) is 24.3 Å². The van der Waals surface area contributed by atoms with Crippen LogP contribution in [0.25, 0.3) is 0 Å². The number of hydrogen-bond acceptors (Lipinski definition) is 4. The highest BCUT2D eigenvalue weighted by molar-refractivity contribution is 5.89. The fourth-order valence-corrected chi connectivity index (χ4v) is 1.42. The summed E-state index contributed by atoms with van der Waals surface area (Å²) in [6, 6.07) is 2.90. The molecular weight excluding hydrogens is 410 g/mol. The van der Waals surface area contributed by atoms with E-state index in [1.165, 1.54) is 0 Å². The Labute approximate surface area is 143 Å². The maximum Gasteiger partial charge on any atom is 0.462 e. The number of hydrogen-bond donors (Lipinski definition) is 0. The third kappa shape index (κ3) is 4.93. The summed E-state index contributed by atoms with van der Waals surface area (Å²) in [4.78, 5) is 11.1. The number of esters is 1. The van der Waals surface area contributed by atoms with Gasteiger partial charge in [-0.15, -0.1) is 0 Å². The van der Waals surface area contributed by atoms with Crippen molar-refractivity contribution in [3.05, 3.63) is 29.8 Å². The Morgan fingerprint density at radius 2 is 1.41 bits per heavy atom. The number of carbonyl (C=O) groups is 1. The van der Waals surface area contributed by atoms with Crippen molar-refractivity contribution in [1.82, 2.24) is 0 Å². The Kier molecular flexibility index (Phi) is 6.25. The van der Waals surface area contributed by atoms with E-state index < -0.39 is 42.4 Å². The molecule has 1 rings (SSSR count). The average molecular weight is 418 g/mol. The van der Waals surface area contributed by atoms with Gasteiger partial charge in [-0.1, -0.05) is 0 Å². The normalized spacial score (nSPS) is 14.6. The fourth-order valence-electron chi connectivity index (χ4n) is 1.42. The van der Waals surface area contributed by atoms with Crippen LogP contribution in [0.4, 0.5) is 43.9 Å². The molecule has 0 heterocycles. The number of alkyl halides is 10. The molecule has 0 saturated carbocycles. The lowest BCUT2D eigenvalue weighted by Gasteiger charge is -2.30. The Bertz CT molecular complexity index is 656. The molecule has 0 N–H and O–H groups in total. The van der Waals surface area contributed by atoms with E-state index in [2.05, 4.69) is 14.2 Å². The molecule has 1 atom stereocenters. The summed E-state index contributed by atoms with van der Waals surface area (Å²) in [6.45, 7) is 0. The van der Waals surface area contributed by atoms with Crippen molar-refractivity contribution < 1.29 is 62.9 Å². The number of ether oxygens (including phenoxy) is 3. The van der Waals surface area contributed by atoms with Crippen molar-refractivity contribution in [1.29, 1.82) is 0 Å². The minimum atomic E-state index is -6.96. The first-order chi connectivity index (χ1) is 12.0. The lowest BCUT2D eigenvalue weighted by atomic mass is 10.2. The zero-order chi connectivity index (χ0) is 21.3. The number of benzene rings is 1. The van der Waals surface area contributed by atoms with Crippen LogP contribution in [0.1, 0.15) is 10.4 Å². The molecule has 4 nitrogen and oxygen atoms in total. The van der Waals surface area contributed by atoms with Crippen molar-refractivity contribution in [2.75, 3.05) is 7.11 Å². The molecule has 0 radical (unpaired) electrons. The highest BCUT2D eigenvalue weighted by atomic mass is 19.4. The van der Waals surface area contributed by atoms with Gasteiger partial charge in [0.15, 0.2) is 0 Å². The number of rotatable bonds is 7. The molecule has 0 aliphatic heterocycles. The molecule has 0 aliphatic rings. The second-order valence-electron chi connectivity index (χ2n) is 4.70. The van der Waals surface area contributed by atoms with E-state index >= 15 is 0 Å². The first-order valence-corrected chi connectivity index (χ1v) is 6.44. The number of carbonyl (C=O) groups excluding carboxylic acids is 1. The molecule has 0 amide bonds. The van der Waals surface area contributed by atoms with Crippen LogP contribution in [-0.2, 0) is 9.47 Å². The summed E-state index contributed by atoms with van der Waals surface area (Å²) in [5.41, 5.74) is -0.183. The molecule has 1 aromatic carbocycles. The predicted octanol–water partition coefficient (Wildman–Crippen LogP) is 4.55. The summed E-state index contributed by atoms with van der Waals surface area (Å²) >= 11 is 0. The SMILES string of the molecule is COC(=O)c1ccc(OC(F)(F)C(F)OC(F)(F)C(F)(F)C(F)(F)F)cc1. The summed E-state index contributed by atoms with van der Waals surface area (Å²) in [6.07, 6.45) is -23.7. The molecule has 1 aromatic rings.